The molecule has 1 aromatic heterocycles. The van der Waals surface area contributed by atoms with Crippen molar-refractivity contribution in [2.24, 2.45) is 0 Å². The zero-order chi connectivity index (χ0) is 14.8. The van der Waals surface area contributed by atoms with Gasteiger partial charge in [0.15, 0.2) is 5.82 Å². The molecule has 0 aliphatic carbocycles. The highest BCUT2D eigenvalue weighted by atomic mass is 35.5. The first kappa shape index (κ1) is 13.9. The molecule has 7 heteroatoms. The third kappa shape index (κ3) is 3.00. The third-order valence-corrected chi connectivity index (χ3v) is 3.84. The normalized spacial score (nSPS) is 15.3. The van der Waals surface area contributed by atoms with Gasteiger partial charge in [0.2, 0.25) is 0 Å². The highest BCUT2D eigenvalue weighted by Crippen LogP contribution is 2.22. The second-order valence-corrected chi connectivity index (χ2v) is 5.44. The van der Waals surface area contributed by atoms with E-state index in [4.69, 9.17) is 11.6 Å². The van der Waals surface area contributed by atoms with Crippen LogP contribution in [0.3, 0.4) is 0 Å². The first-order valence-electron chi connectivity index (χ1n) is 6.82. The van der Waals surface area contributed by atoms with Crippen molar-refractivity contribution in [1.82, 2.24) is 15.2 Å². The molecule has 0 radical (unpaired) electrons. The summed E-state index contributed by atoms with van der Waals surface area (Å²) in [6.07, 6.45) is 0. The minimum absolute atomic E-state index is 0.409. The van der Waals surface area contributed by atoms with Crippen molar-refractivity contribution in [2.75, 3.05) is 36.0 Å². The number of H-pyrrole nitrogens is 1. The zero-order valence-electron chi connectivity index (χ0n) is 11.7. The van der Waals surface area contributed by atoms with E-state index in [1.165, 1.54) is 0 Å². The maximum Gasteiger partial charge on any atom is 0.363 e. The molecule has 0 bridgehead atoms. The minimum Gasteiger partial charge on any atom is -0.368 e. The molecule has 21 heavy (non-hydrogen) atoms. The van der Waals surface area contributed by atoms with Gasteiger partial charge in [-0.3, -0.25) is 0 Å². The average molecular weight is 306 g/mol. The quantitative estimate of drug-likeness (QED) is 0.910. The van der Waals surface area contributed by atoms with Crippen LogP contribution in [0.1, 0.15) is 5.69 Å². The van der Waals surface area contributed by atoms with Gasteiger partial charge in [0.05, 0.1) is 0 Å². The summed E-state index contributed by atoms with van der Waals surface area (Å²) in [6, 6.07) is 7.85. The van der Waals surface area contributed by atoms with E-state index in [2.05, 4.69) is 31.0 Å². The summed E-state index contributed by atoms with van der Waals surface area (Å²) in [6.45, 7) is 5.15. The molecule has 0 amide bonds. The van der Waals surface area contributed by atoms with E-state index in [0.717, 1.165) is 42.6 Å². The Labute approximate surface area is 127 Å². The van der Waals surface area contributed by atoms with Gasteiger partial charge in [-0.2, -0.15) is 10.1 Å². The van der Waals surface area contributed by atoms with E-state index in [-0.39, 0.29) is 0 Å². The van der Waals surface area contributed by atoms with Crippen LogP contribution in [-0.4, -0.2) is 41.4 Å². The molecule has 1 saturated heterocycles. The van der Waals surface area contributed by atoms with Crippen LogP contribution in [0.25, 0.3) is 0 Å². The number of piperazine rings is 1. The summed E-state index contributed by atoms with van der Waals surface area (Å²) < 4.78 is 0. The van der Waals surface area contributed by atoms with Crippen molar-refractivity contribution in [2.45, 2.75) is 6.92 Å². The monoisotopic (exact) mass is 305 g/mol. The fourth-order valence-electron chi connectivity index (χ4n) is 2.53. The second-order valence-electron chi connectivity index (χ2n) is 5.00. The van der Waals surface area contributed by atoms with Gasteiger partial charge in [0.25, 0.3) is 0 Å². The molecule has 0 saturated carbocycles. The molecular formula is C14H16ClN5O. The molecule has 0 atom stereocenters. The van der Waals surface area contributed by atoms with Crippen LogP contribution in [0.5, 0.6) is 0 Å². The van der Waals surface area contributed by atoms with Gasteiger partial charge >= 0.3 is 5.69 Å². The summed E-state index contributed by atoms with van der Waals surface area (Å²) in [7, 11) is 0. The van der Waals surface area contributed by atoms with E-state index in [0.29, 0.717) is 5.82 Å². The molecule has 1 aromatic carbocycles. The lowest BCUT2D eigenvalue weighted by molar-refractivity contribution is 0.639. The lowest BCUT2D eigenvalue weighted by atomic mass is 10.2. The Hall–Kier alpha value is -2.08. The van der Waals surface area contributed by atoms with Crippen LogP contribution in [0.2, 0.25) is 5.02 Å². The topological polar surface area (TPSA) is 65.1 Å². The first-order valence-corrected chi connectivity index (χ1v) is 7.20. The maximum atomic E-state index is 11.3. The van der Waals surface area contributed by atoms with Crippen molar-refractivity contribution in [1.29, 1.82) is 0 Å². The molecule has 3 rings (SSSR count). The Morgan fingerprint density at radius 3 is 2.62 bits per heavy atom. The number of nitrogens with zero attached hydrogens (tertiary/aromatic N) is 4. The highest BCUT2D eigenvalue weighted by Gasteiger charge is 2.20. The molecule has 0 unspecified atom stereocenters. The summed E-state index contributed by atoms with van der Waals surface area (Å²) >= 11 is 6.03. The Morgan fingerprint density at radius 1 is 1.19 bits per heavy atom. The van der Waals surface area contributed by atoms with Gasteiger partial charge in [0.1, 0.15) is 5.69 Å². The van der Waals surface area contributed by atoms with Crippen molar-refractivity contribution < 1.29 is 0 Å². The number of aryl methyl sites for hydroxylation is 1. The smallest absolute Gasteiger partial charge is 0.363 e. The Bertz CT molecular complexity index is 694. The van der Waals surface area contributed by atoms with E-state index in [1.54, 1.807) is 0 Å². The number of nitrogens with one attached hydrogen (secondary N) is 1. The van der Waals surface area contributed by atoms with E-state index >= 15 is 0 Å². The Morgan fingerprint density at radius 2 is 1.90 bits per heavy atom. The third-order valence-electron chi connectivity index (χ3n) is 3.60. The van der Waals surface area contributed by atoms with Gasteiger partial charge in [-0.25, -0.2) is 9.89 Å². The number of rotatable bonds is 2. The number of anilines is 2. The van der Waals surface area contributed by atoms with E-state index in [9.17, 15) is 4.79 Å². The number of halogens is 1. The van der Waals surface area contributed by atoms with Crippen molar-refractivity contribution in [3.8, 4) is 0 Å². The first-order chi connectivity index (χ1) is 10.1. The van der Waals surface area contributed by atoms with Crippen LogP contribution in [-0.2, 0) is 0 Å². The molecular weight excluding hydrogens is 290 g/mol. The van der Waals surface area contributed by atoms with Gasteiger partial charge in [-0.15, -0.1) is 0 Å². The Balaban J connectivity index is 1.73. The van der Waals surface area contributed by atoms with Gasteiger partial charge in [-0.05, 0) is 25.1 Å². The SMILES string of the molecule is Cc1n[nH]c(=O)nc1N1CCN(c2cccc(Cl)c2)CC1. The maximum absolute atomic E-state index is 11.3. The van der Waals surface area contributed by atoms with Crippen LogP contribution in [0.4, 0.5) is 11.5 Å². The van der Waals surface area contributed by atoms with Crippen molar-refractivity contribution in [3.63, 3.8) is 0 Å². The molecule has 1 aliphatic rings. The molecule has 110 valence electrons. The fraction of sp³-hybridized carbons (Fsp3) is 0.357. The van der Waals surface area contributed by atoms with Gasteiger partial charge in [0, 0.05) is 36.9 Å². The number of hydrogen-bond acceptors (Lipinski definition) is 5. The molecule has 1 aliphatic heterocycles. The van der Waals surface area contributed by atoms with Gasteiger partial charge < -0.3 is 9.80 Å². The largest absolute Gasteiger partial charge is 0.368 e. The molecule has 2 aromatic rings. The van der Waals surface area contributed by atoms with Crippen LogP contribution in [0, 0.1) is 6.92 Å². The number of aromatic amines is 1. The van der Waals surface area contributed by atoms with E-state index in [1.807, 2.05) is 25.1 Å². The lowest BCUT2D eigenvalue weighted by Gasteiger charge is -2.36. The molecule has 1 N–H and O–H groups in total. The van der Waals surface area contributed by atoms with Crippen molar-refractivity contribution >= 4 is 23.1 Å². The van der Waals surface area contributed by atoms with Crippen molar-refractivity contribution in [3.05, 3.63) is 45.5 Å². The van der Waals surface area contributed by atoms with Crippen LogP contribution >= 0.6 is 11.6 Å². The predicted molar refractivity (Wildman–Crippen MR) is 83.3 cm³/mol. The summed E-state index contributed by atoms with van der Waals surface area (Å²) in [4.78, 5) is 19.7. The standard InChI is InChI=1S/C14H16ClN5O/c1-10-13(16-14(21)18-17-10)20-7-5-19(6-8-20)12-4-2-3-11(15)9-12/h2-4,9H,5-8H2,1H3,(H,16,18,21). The van der Waals surface area contributed by atoms with Crippen LogP contribution < -0.4 is 15.5 Å². The summed E-state index contributed by atoms with van der Waals surface area (Å²) in [5.41, 5.74) is 1.45. The average Bonchev–Trinajstić information content (AvgIpc) is 2.50. The van der Waals surface area contributed by atoms with Crippen LogP contribution in [0.15, 0.2) is 29.1 Å². The van der Waals surface area contributed by atoms with Gasteiger partial charge in [-0.1, -0.05) is 17.7 Å². The number of hydrogen-bond donors (Lipinski definition) is 1. The molecule has 6 nitrogen and oxygen atoms in total. The molecule has 1 fully saturated rings. The second kappa shape index (κ2) is 5.73. The number of benzene rings is 1. The lowest BCUT2D eigenvalue weighted by Crippen LogP contribution is -2.47. The highest BCUT2D eigenvalue weighted by molar-refractivity contribution is 6.30. The summed E-state index contributed by atoms with van der Waals surface area (Å²) in [5, 5.41) is 7.06. The number of aromatic nitrogens is 3. The molecule has 2 heterocycles. The molecule has 0 spiro atoms. The van der Waals surface area contributed by atoms with E-state index < -0.39 is 5.69 Å². The summed E-state index contributed by atoms with van der Waals surface area (Å²) in [5.74, 6) is 0.671. The zero-order valence-corrected chi connectivity index (χ0v) is 12.5. The minimum atomic E-state index is -0.409. The predicted octanol–water partition coefficient (Wildman–Crippen LogP) is 1.45. The fourth-order valence-corrected chi connectivity index (χ4v) is 2.72. The Kier molecular flexibility index (Phi) is 3.79.